The molecule has 1 aliphatic rings. The lowest BCUT2D eigenvalue weighted by atomic mass is 10.3. The summed E-state index contributed by atoms with van der Waals surface area (Å²) in [5.74, 6) is -0.0103. The highest BCUT2D eigenvalue weighted by molar-refractivity contribution is 7.89. The van der Waals surface area contributed by atoms with Gasteiger partial charge >= 0.3 is 0 Å². The third-order valence-electron chi connectivity index (χ3n) is 2.62. The van der Waals surface area contributed by atoms with Crippen LogP contribution in [-0.2, 0) is 17.1 Å². The first-order valence-electron chi connectivity index (χ1n) is 4.88. The number of hydrogen-bond donors (Lipinski definition) is 2. The topological polar surface area (TPSA) is 101 Å². The van der Waals surface area contributed by atoms with Gasteiger partial charge in [0.1, 0.15) is 0 Å². The van der Waals surface area contributed by atoms with Gasteiger partial charge in [-0.15, -0.1) is 0 Å². The second kappa shape index (κ2) is 3.72. The van der Waals surface area contributed by atoms with Gasteiger partial charge in [-0.05, 0) is 6.42 Å². The molecule has 16 heavy (non-hydrogen) atoms. The second-order valence-corrected chi connectivity index (χ2v) is 5.70. The van der Waals surface area contributed by atoms with Crippen LogP contribution in [0.1, 0.15) is 6.42 Å². The summed E-state index contributed by atoms with van der Waals surface area (Å²) < 4.78 is 26.9. The lowest BCUT2D eigenvalue weighted by molar-refractivity contribution is 0.189. The molecule has 0 bridgehead atoms. The predicted molar refractivity (Wildman–Crippen MR) is 57.0 cm³/mol. The molecule has 8 heteroatoms. The van der Waals surface area contributed by atoms with Crippen molar-refractivity contribution in [2.75, 3.05) is 18.8 Å². The molecule has 1 aromatic heterocycles. The normalized spacial score (nSPS) is 22.8. The molecule has 7 nitrogen and oxygen atoms in total. The van der Waals surface area contributed by atoms with Crippen LogP contribution in [0.25, 0.3) is 0 Å². The molecular formula is C8H14N4O3S. The molecule has 0 aromatic carbocycles. The molecule has 0 radical (unpaired) electrons. The van der Waals surface area contributed by atoms with Gasteiger partial charge in [-0.25, -0.2) is 13.4 Å². The van der Waals surface area contributed by atoms with Crippen molar-refractivity contribution in [1.29, 1.82) is 0 Å². The molecule has 1 fully saturated rings. The fourth-order valence-corrected chi connectivity index (χ4v) is 3.49. The van der Waals surface area contributed by atoms with Crippen molar-refractivity contribution in [2.45, 2.75) is 17.6 Å². The highest BCUT2D eigenvalue weighted by Crippen LogP contribution is 2.24. The second-order valence-electron chi connectivity index (χ2n) is 3.85. The highest BCUT2D eigenvalue weighted by Gasteiger charge is 2.34. The molecule has 2 rings (SSSR count). The van der Waals surface area contributed by atoms with Gasteiger partial charge in [0, 0.05) is 20.1 Å². The summed E-state index contributed by atoms with van der Waals surface area (Å²) in [7, 11) is -2.07. The molecule has 1 saturated heterocycles. The van der Waals surface area contributed by atoms with Crippen molar-refractivity contribution in [3.8, 4) is 0 Å². The number of nitrogens with two attached hydrogens (primary N) is 1. The lowest BCUT2D eigenvalue weighted by Crippen LogP contribution is -2.31. The Labute approximate surface area is 93.5 Å². The van der Waals surface area contributed by atoms with E-state index >= 15 is 0 Å². The smallest absolute Gasteiger partial charge is 0.262 e. The van der Waals surface area contributed by atoms with E-state index in [1.54, 1.807) is 7.05 Å². The summed E-state index contributed by atoms with van der Waals surface area (Å²) in [6.45, 7) is 0.432. The van der Waals surface area contributed by atoms with E-state index in [9.17, 15) is 13.5 Å². The van der Waals surface area contributed by atoms with Crippen LogP contribution in [0, 0.1) is 0 Å². The minimum absolute atomic E-state index is 0.0103. The van der Waals surface area contributed by atoms with Gasteiger partial charge in [0.2, 0.25) is 0 Å². The Morgan fingerprint density at radius 1 is 1.62 bits per heavy atom. The minimum atomic E-state index is -3.64. The molecule has 1 aromatic rings. The van der Waals surface area contributed by atoms with Crippen molar-refractivity contribution in [3.05, 3.63) is 6.33 Å². The largest absolute Gasteiger partial charge is 0.392 e. The van der Waals surface area contributed by atoms with Crippen LogP contribution in [0.5, 0.6) is 0 Å². The highest BCUT2D eigenvalue weighted by atomic mass is 32.2. The van der Waals surface area contributed by atoms with Gasteiger partial charge in [0.25, 0.3) is 10.0 Å². The molecule has 0 amide bonds. The zero-order valence-electron chi connectivity index (χ0n) is 8.87. The van der Waals surface area contributed by atoms with Gasteiger partial charge in [-0.1, -0.05) is 0 Å². The number of aromatic nitrogens is 2. The predicted octanol–water partition coefficient (Wildman–Crippen LogP) is -1.24. The summed E-state index contributed by atoms with van der Waals surface area (Å²) in [6, 6.07) is 0. The third-order valence-corrected chi connectivity index (χ3v) is 4.62. The number of nitrogen functional groups attached to an aromatic ring is 1. The van der Waals surface area contributed by atoms with Crippen molar-refractivity contribution in [3.63, 3.8) is 0 Å². The van der Waals surface area contributed by atoms with Crippen LogP contribution in [0.3, 0.4) is 0 Å². The number of nitrogens with zero attached hydrogens (tertiary/aromatic N) is 3. The Hall–Kier alpha value is -1.12. The third kappa shape index (κ3) is 1.68. The van der Waals surface area contributed by atoms with E-state index in [1.807, 2.05) is 0 Å². The van der Waals surface area contributed by atoms with Gasteiger partial charge in [0.05, 0.1) is 12.4 Å². The number of β-amino-alcohol motifs (C(OH)–C–C–N with tert-alkyl or cyclic N) is 1. The maximum absolute atomic E-state index is 12.2. The lowest BCUT2D eigenvalue weighted by Gasteiger charge is -2.15. The van der Waals surface area contributed by atoms with Crippen LogP contribution < -0.4 is 5.73 Å². The number of imidazole rings is 1. The summed E-state index contributed by atoms with van der Waals surface area (Å²) in [5, 5.41) is 9.33. The standard InChI is InChI=1S/C8H14N4O3S/c1-11-5-10-7(9)8(11)16(14,15)12-3-2-6(13)4-12/h5-6,13H,2-4,9H2,1H3. The van der Waals surface area contributed by atoms with Crippen molar-refractivity contribution in [1.82, 2.24) is 13.9 Å². The van der Waals surface area contributed by atoms with Gasteiger partial charge < -0.3 is 15.4 Å². The van der Waals surface area contributed by atoms with Crippen LogP contribution >= 0.6 is 0 Å². The Kier molecular flexibility index (Phi) is 2.64. The van der Waals surface area contributed by atoms with Gasteiger partial charge in [0.15, 0.2) is 10.8 Å². The van der Waals surface area contributed by atoms with E-state index in [-0.39, 0.29) is 17.4 Å². The number of hydrogen-bond acceptors (Lipinski definition) is 5. The molecule has 1 aliphatic heterocycles. The average Bonchev–Trinajstić information content (AvgIpc) is 2.74. The number of anilines is 1. The number of rotatable bonds is 2. The number of sulfonamides is 1. The number of aliphatic hydroxyl groups excluding tert-OH is 1. The summed E-state index contributed by atoms with van der Waals surface area (Å²) in [6.07, 6.45) is 1.22. The molecule has 1 unspecified atom stereocenters. The van der Waals surface area contributed by atoms with E-state index in [0.717, 1.165) is 0 Å². The van der Waals surface area contributed by atoms with E-state index in [0.29, 0.717) is 13.0 Å². The summed E-state index contributed by atoms with van der Waals surface area (Å²) >= 11 is 0. The van der Waals surface area contributed by atoms with E-state index in [4.69, 9.17) is 5.73 Å². The number of aryl methyl sites for hydroxylation is 1. The van der Waals surface area contributed by atoms with Crippen molar-refractivity contribution >= 4 is 15.8 Å². The van der Waals surface area contributed by atoms with Crippen molar-refractivity contribution in [2.24, 2.45) is 7.05 Å². The van der Waals surface area contributed by atoms with Gasteiger partial charge in [-0.3, -0.25) is 0 Å². The van der Waals surface area contributed by atoms with Crippen molar-refractivity contribution < 1.29 is 13.5 Å². The molecular weight excluding hydrogens is 232 g/mol. The Morgan fingerprint density at radius 3 is 2.75 bits per heavy atom. The first-order chi connectivity index (χ1) is 7.43. The fraction of sp³-hybridized carbons (Fsp3) is 0.625. The molecule has 0 aliphatic carbocycles. The SMILES string of the molecule is Cn1cnc(N)c1S(=O)(=O)N1CCC(O)C1. The Bertz CT molecular complexity index is 476. The molecule has 1 atom stereocenters. The molecule has 0 spiro atoms. The Morgan fingerprint density at radius 2 is 2.31 bits per heavy atom. The zero-order chi connectivity index (χ0) is 11.9. The fourth-order valence-electron chi connectivity index (χ4n) is 1.80. The molecule has 90 valence electrons. The monoisotopic (exact) mass is 246 g/mol. The van der Waals surface area contributed by atoms with Crippen LogP contribution in [-0.4, -0.2) is 46.6 Å². The first kappa shape index (κ1) is 11.4. The van der Waals surface area contributed by atoms with Crippen LogP contribution in [0.2, 0.25) is 0 Å². The minimum Gasteiger partial charge on any atom is -0.392 e. The summed E-state index contributed by atoms with van der Waals surface area (Å²) in [4.78, 5) is 3.75. The zero-order valence-corrected chi connectivity index (χ0v) is 9.68. The van der Waals surface area contributed by atoms with Crippen LogP contribution in [0.4, 0.5) is 5.82 Å². The Balaban J connectivity index is 2.40. The van der Waals surface area contributed by atoms with E-state index in [1.165, 1.54) is 15.2 Å². The quantitative estimate of drug-likeness (QED) is 0.679. The average molecular weight is 246 g/mol. The van der Waals surface area contributed by atoms with E-state index < -0.39 is 16.1 Å². The van der Waals surface area contributed by atoms with Gasteiger partial charge in [-0.2, -0.15) is 4.31 Å². The maximum Gasteiger partial charge on any atom is 0.262 e. The van der Waals surface area contributed by atoms with Crippen LogP contribution in [0.15, 0.2) is 11.4 Å². The maximum atomic E-state index is 12.2. The number of aliphatic hydroxyl groups is 1. The van der Waals surface area contributed by atoms with E-state index in [2.05, 4.69) is 4.98 Å². The molecule has 0 saturated carbocycles. The summed E-state index contributed by atoms with van der Waals surface area (Å²) in [5.41, 5.74) is 5.53. The molecule has 2 heterocycles. The molecule has 3 N–H and O–H groups in total. The first-order valence-corrected chi connectivity index (χ1v) is 6.32.